The van der Waals surface area contributed by atoms with Crippen molar-refractivity contribution in [2.75, 3.05) is 26.3 Å². The van der Waals surface area contributed by atoms with Crippen LogP contribution in [0.3, 0.4) is 0 Å². The number of nitrogens with zero attached hydrogens (tertiary/aromatic N) is 1. The normalized spacial score (nSPS) is 14.5. The quantitative estimate of drug-likeness (QED) is 0.848. The Bertz CT molecular complexity index is 532. The van der Waals surface area contributed by atoms with Gasteiger partial charge in [-0.1, -0.05) is 48.0 Å². The minimum atomic E-state index is 0.0657. The van der Waals surface area contributed by atoms with Crippen LogP contribution in [0.2, 0.25) is 10.0 Å². The summed E-state index contributed by atoms with van der Waals surface area (Å²) in [4.78, 5) is 21.6. The number of carbonyl (C=O) groups is 2. The number of rotatable bonds is 4. The molecule has 0 radical (unpaired) electrons. The number of ether oxygens (including phenoxy) is 1. The summed E-state index contributed by atoms with van der Waals surface area (Å²) in [6.07, 6.45) is 0.539. The van der Waals surface area contributed by atoms with Crippen LogP contribution in [0.25, 0.3) is 0 Å². The van der Waals surface area contributed by atoms with Gasteiger partial charge in [0.05, 0.1) is 13.2 Å². The molecule has 1 N–H and O–H groups in total. The van der Waals surface area contributed by atoms with Crippen molar-refractivity contribution in [1.82, 2.24) is 10.4 Å². The van der Waals surface area contributed by atoms with Gasteiger partial charge in [-0.05, 0) is 17.7 Å². The van der Waals surface area contributed by atoms with Crippen molar-refractivity contribution >= 4 is 46.0 Å². The lowest BCUT2D eigenvalue weighted by Gasteiger charge is -2.26. The first-order valence-electron chi connectivity index (χ1n) is 7.62. The minimum Gasteiger partial charge on any atom is -0.379 e. The summed E-state index contributed by atoms with van der Waals surface area (Å²) in [6, 6.07) is 5.32. The highest BCUT2D eigenvalue weighted by Crippen LogP contribution is 2.28. The van der Waals surface area contributed by atoms with E-state index in [-0.39, 0.29) is 11.0 Å². The van der Waals surface area contributed by atoms with Crippen molar-refractivity contribution in [2.45, 2.75) is 26.0 Å². The van der Waals surface area contributed by atoms with Crippen molar-refractivity contribution in [3.8, 4) is 0 Å². The number of nitrogens with one attached hydrogen (secondary N) is 1. The number of benzene rings is 1. The summed E-state index contributed by atoms with van der Waals surface area (Å²) in [6.45, 7) is 6.39. The third-order valence-electron chi connectivity index (χ3n) is 3.10. The Labute approximate surface area is 157 Å². The average Bonchev–Trinajstić information content (AvgIpc) is 2.55. The third kappa shape index (κ3) is 8.35. The summed E-state index contributed by atoms with van der Waals surface area (Å²) < 4.78 is 5.12. The number of amides is 1. The molecule has 0 aromatic heterocycles. The van der Waals surface area contributed by atoms with Gasteiger partial charge in [0, 0.05) is 42.2 Å². The van der Waals surface area contributed by atoms with Crippen molar-refractivity contribution in [3.63, 3.8) is 0 Å². The maximum atomic E-state index is 10.9. The molecule has 134 valence electrons. The van der Waals surface area contributed by atoms with Crippen molar-refractivity contribution in [2.24, 2.45) is 0 Å². The fourth-order valence-corrected chi connectivity index (χ4v) is 3.12. The molecule has 0 bridgehead atoms. The Balaban J connectivity index is 0.000000243. The van der Waals surface area contributed by atoms with Gasteiger partial charge in [-0.3, -0.25) is 15.0 Å². The molecule has 2 rings (SSSR count). The van der Waals surface area contributed by atoms with E-state index in [0.29, 0.717) is 35.4 Å². The first kappa shape index (κ1) is 21.3. The first-order chi connectivity index (χ1) is 11.4. The molecular formula is C16H22Cl2N2O3S. The highest BCUT2D eigenvalue weighted by Gasteiger charge is 2.11. The second-order valence-electron chi connectivity index (χ2n) is 4.97. The zero-order valence-electron chi connectivity index (χ0n) is 13.8. The largest absolute Gasteiger partial charge is 0.379 e. The Morgan fingerprint density at radius 3 is 2.33 bits per heavy atom. The molecule has 1 aliphatic rings. The Morgan fingerprint density at radius 2 is 1.83 bits per heavy atom. The van der Waals surface area contributed by atoms with E-state index >= 15 is 0 Å². The van der Waals surface area contributed by atoms with Gasteiger partial charge in [0.25, 0.3) is 0 Å². The summed E-state index contributed by atoms with van der Waals surface area (Å²) in [5.74, 6) is 0.611. The van der Waals surface area contributed by atoms with Crippen LogP contribution in [0, 0.1) is 0 Å². The van der Waals surface area contributed by atoms with Crippen LogP contribution in [-0.4, -0.2) is 42.3 Å². The monoisotopic (exact) mass is 392 g/mol. The predicted octanol–water partition coefficient (Wildman–Crippen LogP) is 3.53. The summed E-state index contributed by atoms with van der Waals surface area (Å²) in [5.41, 5.74) is 3.61. The fraction of sp³-hybridized carbons (Fsp3) is 0.500. The van der Waals surface area contributed by atoms with E-state index in [1.54, 1.807) is 18.2 Å². The highest BCUT2D eigenvalue weighted by molar-refractivity contribution is 8.12. The Kier molecular flexibility index (Phi) is 10.4. The van der Waals surface area contributed by atoms with Crippen molar-refractivity contribution < 1.29 is 14.3 Å². The van der Waals surface area contributed by atoms with Gasteiger partial charge in [0.15, 0.2) is 5.12 Å². The van der Waals surface area contributed by atoms with Crippen LogP contribution < -0.4 is 5.43 Å². The molecule has 0 spiro atoms. The van der Waals surface area contributed by atoms with Crippen LogP contribution in [-0.2, 0) is 20.1 Å². The Hall–Kier alpha value is -0.790. The van der Waals surface area contributed by atoms with Crippen LogP contribution in [0.5, 0.6) is 0 Å². The number of thioether (sulfide) groups is 1. The van der Waals surface area contributed by atoms with Gasteiger partial charge >= 0.3 is 0 Å². The molecule has 8 heteroatoms. The lowest BCUT2D eigenvalue weighted by Crippen LogP contribution is -2.48. The van der Waals surface area contributed by atoms with Crippen LogP contribution in [0.15, 0.2) is 18.2 Å². The van der Waals surface area contributed by atoms with Gasteiger partial charge < -0.3 is 4.74 Å². The van der Waals surface area contributed by atoms with Gasteiger partial charge in [-0.25, -0.2) is 5.01 Å². The first-order valence-corrected chi connectivity index (χ1v) is 9.36. The standard InChI is InChI=1S/C9H8Cl2OS.C7H14N2O2/c1-6(12)13-5-7-8(10)3-2-4-9(7)11;1-2-7(10)8-9-3-5-11-6-4-9/h2-4H,5H2,1H3;2-6H2,1H3,(H,8,10). The molecule has 0 unspecified atom stereocenters. The molecule has 1 saturated heterocycles. The molecule has 24 heavy (non-hydrogen) atoms. The number of hydrogen-bond donors (Lipinski definition) is 1. The Morgan fingerprint density at radius 1 is 1.25 bits per heavy atom. The van der Waals surface area contributed by atoms with E-state index in [9.17, 15) is 9.59 Å². The lowest BCUT2D eigenvalue weighted by molar-refractivity contribution is -0.127. The molecule has 1 aromatic carbocycles. The van der Waals surface area contributed by atoms with Gasteiger partial charge in [-0.15, -0.1) is 0 Å². The predicted molar refractivity (Wildman–Crippen MR) is 99.3 cm³/mol. The topological polar surface area (TPSA) is 58.6 Å². The second kappa shape index (κ2) is 11.7. The number of carbonyl (C=O) groups excluding carboxylic acids is 2. The molecule has 0 aliphatic carbocycles. The van der Waals surface area contributed by atoms with Gasteiger partial charge in [0.1, 0.15) is 0 Å². The van der Waals surface area contributed by atoms with Gasteiger partial charge in [-0.2, -0.15) is 0 Å². The third-order valence-corrected chi connectivity index (χ3v) is 4.64. The molecule has 1 fully saturated rings. The summed E-state index contributed by atoms with van der Waals surface area (Å²) in [5, 5.41) is 3.19. The van der Waals surface area contributed by atoms with E-state index in [0.717, 1.165) is 18.7 Å². The van der Waals surface area contributed by atoms with E-state index < -0.39 is 0 Å². The molecule has 5 nitrogen and oxygen atoms in total. The number of halogens is 2. The minimum absolute atomic E-state index is 0.0657. The smallest absolute Gasteiger partial charge is 0.233 e. The average molecular weight is 393 g/mol. The van der Waals surface area contributed by atoms with Crippen LogP contribution in [0.1, 0.15) is 25.8 Å². The number of hydrogen-bond acceptors (Lipinski definition) is 5. The molecular weight excluding hydrogens is 371 g/mol. The zero-order chi connectivity index (χ0) is 17.9. The van der Waals surface area contributed by atoms with E-state index in [1.807, 2.05) is 11.9 Å². The van der Waals surface area contributed by atoms with E-state index in [1.165, 1.54) is 18.7 Å². The highest BCUT2D eigenvalue weighted by atomic mass is 35.5. The molecule has 1 heterocycles. The fourth-order valence-electron chi connectivity index (χ4n) is 1.77. The summed E-state index contributed by atoms with van der Waals surface area (Å²) >= 11 is 13.0. The maximum Gasteiger partial charge on any atom is 0.233 e. The van der Waals surface area contributed by atoms with Gasteiger partial charge in [0.2, 0.25) is 5.91 Å². The molecule has 1 amide bonds. The maximum absolute atomic E-state index is 10.9. The van der Waals surface area contributed by atoms with Crippen molar-refractivity contribution in [1.29, 1.82) is 0 Å². The summed E-state index contributed by atoms with van der Waals surface area (Å²) in [7, 11) is 0. The zero-order valence-corrected chi connectivity index (χ0v) is 16.1. The van der Waals surface area contributed by atoms with E-state index in [4.69, 9.17) is 27.9 Å². The molecule has 1 aromatic rings. The lowest BCUT2D eigenvalue weighted by atomic mass is 10.2. The van der Waals surface area contributed by atoms with Crippen LogP contribution >= 0.6 is 35.0 Å². The molecule has 0 saturated carbocycles. The SMILES string of the molecule is CC(=O)SCc1c(Cl)cccc1Cl.CCC(=O)NN1CCOCC1. The molecule has 1 aliphatic heterocycles. The van der Waals surface area contributed by atoms with Crippen LogP contribution in [0.4, 0.5) is 0 Å². The number of hydrazine groups is 1. The number of morpholine rings is 1. The molecule has 0 atom stereocenters. The van der Waals surface area contributed by atoms with E-state index in [2.05, 4.69) is 5.43 Å². The second-order valence-corrected chi connectivity index (χ2v) is 6.94. The van der Waals surface area contributed by atoms with Crippen molar-refractivity contribution in [3.05, 3.63) is 33.8 Å².